The van der Waals surface area contributed by atoms with E-state index in [-0.39, 0.29) is 5.41 Å². The molecule has 0 fully saturated rings. The minimum atomic E-state index is -0.0434. The highest BCUT2D eigenvalue weighted by Gasteiger charge is 2.20. The molecule has 5 heteroatoms. The Kier molecular flexibility index (Phi) is 2.84. The summed E-state index contributed by atoms with van der Waals surface area (Å²) in [6, 6.07) is 3.80. The number of anilines is 1. The van der Waals surface area contributed by atoms with Gasteiger partial charge < -0.3 is 5.73 Å². The van der Waals surface area contributed by atoms with E-state index in [1.54, 1.807) is 4.68 Å². The van der Waals surface area contributed by atoms with Gasteiger partial charge in [-0.1, -0.05) is 20.8 Å². The predicted molar refractivity (Wildman–Crippen MR) is 71.7 cm³/mol. The van der Waals surface area contributed by atoms with Gasteiger partial charge in [0.05, 0.1) is 5.69 Å². The Morgan fingerprint density at radius 3 is 2.06 bits per heavy atom. The van der Waals surface area contributed by atoms with E-state index in [0.29, 0.717) is 11.8 Å². The van der Waals surface area contributed by atoms with E-state index in [1.807, 2.05) is 26.0 Å². The van der Waals surface area contributed by atoms with Crippen molar-refractivity contribution in [3.05, 3.63) is 29.2 Å². The number of aromatic nitrogens is 4. The van der Waals surface area contributed by atoms with E-state index in [1.165, 1.54) is 0 Å². The molecule has 0 bridgehead atoms. The molecule has 2 N–H and O–H groups in total. The van der Waals surface area contributed by atoms with Gasteiger partial charge in [-0.3, -0.25) is 0 Å². The van der Waals surface area contributed by atoms with Gasteiger partial charge in [0.1, 0.15) is 5.82 Å². The topological polar surface area (TPSA) is 69.6 Å². The van der Waals surface area contributed by atoms with Gasteiger partial charge in [0.2, 0.25) is 0 Å². The Balaban J connectivity index is 2.54. The Morgan fingerprint density at radius 1 is 1.06 bits per heavy atom. The number of hydrogen-bond acceptors (Lipinski definition) is 4. The van der Waals surface area contributed by atoms with E-state index < -0.39 is 0 Å². The quantitative estimate of drug-likeness (QED) is 0.835. The number of aryl methyl sites for hydroxylation is 2. The van der Waals surface area contributed by atoms with Gasteiger partial charge in [0, 0.05) is 22.9 Å². The molecule has 0 atom stereocenters. The second-order valence-electron chi connectivity index (χ2n) is 5.57. The second-order valence-corrected chi connectivity index (χ2v) is 5.57. The van der Waals surface area contributed by atoms with Gasteiger partial charge in [0.25, 0.3) is 5.95 Å². The summed E-state index contributed by atoms with van der Waals surface area (Å²) in [6.07, 6.45) is 0. The minimum absolute atomic E-state index is 0.0434. The molecule has 18 heavy (non-hydrogen) atoms. The van der Waals surface area contributed by atoms with Crippen LogP contribution < -0.4 is 5.73 Å². The molecule has 5 nitrogen and oxygen atoms in total. The van der Waals surface area contributed by atoms with Crippen LogP contribution in [0.1, 0.15) is 37.9 Å². The average molecular weight is 245 g/mol. The third-order valence-electron chi connectivity index (χ3n) is 2.67. The summed E-state index contributed by atoms with van der Waals surface area (Å²) in [4.78, 5) is 8.74. The highest BCUT2D eigenvalue weighted by atomic mass is 15.4. The lowest BCUT2D eigenvalue weighted by molar-refractivity contribution is 0.558. The summed E-state index contributed by atoms with van der Waals surface area (Å²) < 4.78 is 1.60. The van der Waals surface area contributed by atoms with E-state index in [9.17, 15) is 0 Å². The van der Waals surface area contributed by atoms with Gasteiger partial charge in [0.15, 0.2) is 0 Å². The number of nitrogens with zero attached hydrogens (tertiary/aromatic N) is 4. The molecule has 2 rings (SSSR count). The maximum Gasteiger partial charge on any atom is 0.252 e. The molecule has 0 aliphatic carbocycles. The first-order valence-corrected chi connectivity index (χ1v) is 5.96. The Labute approximate surface area is 107 Å². The first-order valence-electron chi connectivity index (χ1n) is 5.96. The third kappa shape index (κ3) is 2.34. The van der Waals surface area contributed by atoms with Crippen molar-refractivity contribution in [1.29, 1.82) is 0 Å². The smallest absolute Gasteiger partial charge is 0.252 e. The predicted octanol–water partition coefficient (Wildman–Crippen LogP) is 2.16. The minimum Gasteiger partial charge on any atom is -0.383 e. The first kappa shape index (κ1) is 12.5. The highest BCUT2D eigenvalue weighted by Crippen LogP contribution is 2.23. The van der Waals surface area contributed by atoms with Crippen molar-refractivity contribution in [3.63, 3.8) is 0 Å². The average Bonchev–Trinajstić information content (AvgIpc) is 2.58. The van der Waals surface area contributed by atoms with Crippen LogP contribution in [0.2, 0.25) is 0 Å². The summed E-state index contributed by atoms with van der Waals surface area (Å²) in [5.74, 6) is 1.09. The lowest BCUT2D eigenvalue weighted by atomic mass is 9.92. The molecular weight excluding hydrogens is 226 g/mol. The van der Waals surface area contributed by atoms with Crippen LogP contribution in [0.3, 0.4) is 0 Å². The molecular formula is C13H19N5. The van der Waals surface area contributed by atoms with Gasteiger partial charge in [-0.05, 0) is 19.9 Å². The van der Waals surface area contributed by atoms with E-state index >= 15 is 0 Å². The molecule has 0 saturated heterocycles. The zero-order valence-corrected chi connectivity index (χ0v) is 11.5. The van der Waals surface area contributed by atoms with Gasteiger partial charge in [-0.15, -0.1) is 0 Å². The van der Waals surface area contributed by atoms with Crippen molar-refractivity contribution in [2.75, 3.05) is 5.73 Å². The van der Waals surface area contributed by atoms with Crippen LogP contribution in [0, 0.1) is 13.8 Å². The normalized spacial score (nSPS) is 11.8. The maximum atomic E-state index is 5.99. The molecule has 0 spiro atoms. The molecule has 0 amide bonds. The molecule has 2 aromatic heterocycles. The molecule has 0 saturated carbocycles. The zero-order chi connectivity index (χ0) is 13.5. The summed E-state index contributed by atoms with van der Waals surface area (Å²) in [6.45, 7) is 10.2. The highest BCUT2D eigenvalue weighted by molar-refractivity contribution is 5.39. The maximum absolute atomic E-state index is 5.99. The van der Waals surface area contributed by atoms with E-state index in [2.05, 4.69) is 35.8 Å². The summed E-state index contributed by atoms with van der Waals surface area (Å²) in [5.41, 5.74) is 8.69. The number of nitrogens with two attached hydrogens (primary N) is 1. The fraction of sp³-hybridized carbons (Fsp3) is 0.462. The van der Waals surface area contributed by atoms with Crippen LogP contribution in [0.5, 0.6) is 0 Å². The Morgan fingerprint density at radius 2 is 1.61 bits per heavy atom. The van der Waals surface area contributed by atoms with Crippen molar-refractivity contribution in [2.45, 2.75) is 40.0 Å². The summed E-state index contributed by atoms with van der Waals surface area (Å²) in [7, 11) is 0. The molecule has 2 aromatic rings. The lowest BCUT2D eigenvalue weighted by Crippen LogP contribution is -2.13. The second kappa shape index (κ2) is 4.08. The number of nitrogen functional groups attached to an aromatic ring is 1. The standard InChI is InChI=1S/C13H19N5/c1-8-6-9(2)16-12(15-8)18-11(14)7-10(17-18)13(3,4)5/h6-7H,14H2,1-5H3. The van der Waals surface area contributed by atoms with Gasteiger partial charge in [-0.25, -0.2) is 9.97 Å². The molecule has 0 unspecified atom stereocenters. The summed E-state index contributed by atoms with van der Waals surface area (Å²) in [5, 5.41) is 4.50. The zero-order valence-electron chi connectivity index (χ0n) is 11.5. The van der Waals surface area contributed by atoms with Crippen molar-refractivity contribution < 1.29 is 0 Å². The Bertz CT molecular complexity index is 557. The van der Waals surface area contributed by atoms with Crippen LogP contribution >= 0.6 is 0 Å². The Hall–Kier alpha value is -1.91. The lowest BCUT2D eigenvalue weighted by Gasteiger charge is -2.13. The van der Waals surface area contributed by atoms with Crippen molar-refractivity contribution in [2.24, 2.45) is 0 Å². The van der Waals surface area contributed by atoms with Crippen LogP contribution in [-0.2, 0) is 5.41 Å². The fourth-order valence-corrected chi connectivity index (χ4v) is 1.72. The molecule has 2 heterocycles. The monoisotopic (exact) mass is 245 g/mol. The molecule has 0 radical (unpaired) electrons. The largest absolute Gasteiger partial charge is 0.383 e. The van der Waals surface area contributed by atoms with Gasteiger partial charge in [-0.2, -0.15) is 9.78 Å². The summed E-state index contributed by atoms with van der Waals surface area (Å²) >= 11 is 0. The molecule has 0 aliphatic heterocycles. The third-order valence-corrected chi connectivity index (χ3v) is 2.67. The van der Waals surface area contributed by atoms with Crippen molar-refractivity contribution in [1.82, 2.24) is 19.7 Å². The van der Waals surface area contributed by atoms with Crippen molar-refractivity contribution in [3.8, 4) is 5.95 Å². The van der Waals surface area contributed by atoms with Crippen LogP contribution in [0.15, 0.2) is 12.1 Å². The molecule has 96 valence electrons. The number of hydrogen-bond donors (Lipinski definition) is 1. The van der Waals surface area contributed by atoms with E-state index in [0.717, 1.165) is 17.1 Å². The van der Waals surface area contributed by atoms with Crippen LogP contribution in [-0.4, -0.2) is 19.7 Å². The van der Waals surface area contributed by atoms with Crippen LogP contribution in [0.4, 0.5) is 5.82 Å². The van der Waals surface area contributed by atoms with Gasteiger partial charge >= 0.3 is 0 Å². The SMILES string of the molecule is Cc1cc(C)nc(-n2nc(C(C)(C)C)cc2N)n1. The van der Waals surface area contributed by atoms with Crippen LogP contribution in [0.25, 0.3) is 5.95 Å². The fourth-order valence-electron chi connectivity index (χ4n) is 1.72. The number of rotatable bonds is 1. The first-order chi connectivity index (χ1) is 8.27. The molecule has 0 aromatic carbocycles. The molecule has 0 aliphatic rings. The van der Waals surface area contributed by atoms with E-state index in [4.69, 9.17) is 5.73 Å². The van der Waals surface area contributed by atoms with Crippen molar-refractivity contribution >= 4 is 5.82 Å².